The standard InChI is InChI=1S/C13H17N3OS/c1-2-3-8-16-11-7-5-4-6-10(11)15-13(16)18-9-12(14)17/h4-7H,2-3,8-9H2,1H3,(H2,14,17). The summed E-state index contributed by atoms with van der Waals surface area (Å²) in [4.78, 5) is 15.4. The van der Waals surface area contributed by atoms with Crippen LogP contribution in [0.1, 0.15) is 19.8 Å². The Morgan fingerprint density at radius 2 is 2.22 bits per heavy atom. The SMILES string of the molecule is CCCCn1c(SCC(N)=O)nc2ccccc21. The number of nitrogens with zero attached hydrogens (tertiary/aromatic N) is 2. The van der Waals surface area contributed by atoms with Gasteiger partial charge < -0.3 is 10.3 Å². The molecule has 2 rings (SSSR count). The molecule has 96 valence electrons. The second-order valence-electron chi connectivity index (χ2n) is 4.14. The van der Waals surface area contributed by atoms with E-state index < -0.39 is 0 Å². The van der Waals surface area contributed by atoms with Crippen LogP contribution in [0.3, 0.4) is 0 Å². The van der Waals surface area contributed by atoms with E-state index in [-0.39, 0.29) is 11.7 Å². The van der Waals surface area contributed by atoms with E-state index in [2.05, 4.69) is 22.5 Å². The minimum atomic E-state index is -0.311. The molecule has 0 aliphatic rings. The van der Waals surface area contributed by atoms with E-state index in [1.807, 2.05) is 18.2 Å². The van der Waals surface area contributed by atoms with Crippen molar-refractivity contribution in [2.75, 3.05) is 5.75 Å². The second kappa shape index (κ2) is 5.91. The molecule has 0 bridgehead atoms. The van der Waals surface area contributed by atoms with Crippen LogP contribution in [-0.2, 0) is 11.3 Å². The summed E-state index contributed by atoms with van der Waals surface area (Å²) in [6.45, 7) is 3.09. The summed E-state index contributed by atoms with van der Waals surface area (Å²) in [6.07, 6.45) is 2.23. The summed E-state index contributed by atoms with van der Waals surface area (Å²) in [7, 11) is 0. The summed E-state index contributed by atoms with van der Waals surface area (Å²) in [5, 5.41) is 0.878. The molecule has 0 fully saturated rings. The molecule has 1 aromatic heterocycles. The molecule has 18 heavy (non-hydrogen) atoms. The van der Waals surface area contributed by atoms with Crippen LogP contribution in [-0.4, -0.2) is 21.2 Å². The third-order valence-electron chi connectivity index (χ3n) is 2.70. The zero-order valence-corrected chi connectivity index (χ0v) is 11.2. The number of hydrogen-bond donors (Lipinski definition) is 1. The van der Waals surface area contributed by atoms with Crippen molar-refractivity contribution in [1.29, 1.82) is 0 Å². The summed E-state index contributed by atoms with van der Waals surface area (Å²) < 4.78 is 2.17. The first-order valence-corrected chi connectivity index (χ1v) is 7.07. The van der Waals surface area contributed by atoms with Crippen molar-refractivity contribution in [3.8, 4) is 0 Å². The molecule has 0 unspecified atom stereocenters. The highest BCUT2D eigenvalue weighted by atomic mass is 32.2. The van der Waals surface area contributed by atoms with Gasteiger partial charge >= 0.3 is 0 Å². The molecule has 4 nitrogen and oxygen atoms in total. The van der Waals surface area contributed by atoms with Crippen molar-refractivity contribution in [2.24, 2.45) is 5.73 Å². The molecule has 1 heterocycles. The molecule has 0 atom stereocenters. The van der Waals surface area contributed by atoms with E-state index in [1.165, 1.54) is 11.8 Å². The number of nitrogens with two attached hydrogens (primary N) is 1. The van der Waals surface area contributed by atoms with Gasteiger partial charge in [-0.05, 0) is 18.6 Å². The van der Waals surface area contributed by atoms with E-state index in [0.717, 1.165) is 35.6 Å². The fourth-order valence-electron chi connectivity index (χ4n) is 1.83. The van der Waals surface area contributed by atoms with Crippen LogP contribution in [0.2, 0.25) is 0 Å². The Kier molecular flexibility index (Phi) is 4.25. The smallest absolute Gasteiger partial charge is 0.227 e. The van der Waals surface area contributed by atoms with E-state index in [1.54, 1.807) is 0 Å². The maximum Gasteiger partial charge on any atom is 0.227 e. The Hall–Kier alpha value is -1.49. The van der Waals surface area contributed by atoms with Gasteiger partial charge in [0.1, 0.15) is 0 Å². The zero-order chi connectivity index (χ0) is 13.0. The number of fused-ring (bicyclic) bond motifs is 1. The average molecular weight is 263 g/mol. The molecule has 0 spiro atoms. The molecule has 2 aromatic rings. The normalized spacial score (nSPS) is 10.9. The van der Waals surface area contributed by atoms with Gasteiger partial charge in [-0.1, -0.05) is 37.2 Å². The number of para-hydroxylation sites is 2. The highest BCUT2D eigenvalue weighted by molar-refractivity contribution is 7.99. The summed E-state index contributed by atoms with van der Waals surface area (Å²) in [5.74, 6) is -0.0378. The Balaban J connectivity index is 2.33. The first kappa shape index (κ1) is 13.0. The molecule has 2 N–H and O–H groups in total. The van der Waals surface area contributed by atoms with Gasteiger partial charge in [0.05, 0.1) is 16.8 Å². The van der Waals surface area contributed by atoms with Crippen molar-refractivity contribution in [1.82, 2.24) is 9.55 Å². The van der Waals surface area contributed by atoms with Gasteiger partial charge in [-0.15, -0.1) is 0 Å². The van der Waals surface area contributed by atoms with Crippen molar-refractivity contribution >= 4 is 28.7 Å². The molecule has 0 aliphatic carbocycles. The minimum absolute atomic E-state index is 0.273. The van der Waals surface area contributed by atoms with Crippen LogP contribution in [0, 0.1) is 0 Å². The van der Waals surface area contributed by atoms with E-state index in [4.69, 9.17) is 5.73 Å². The van der Waals surface area contributed by atoms with Crippen LogP contribution in [0.4, 0.5) is 0 Å². The summed E-state index contributed by atoms with van der Waals surface area (Å²) >= 11 is 1.41. The monoisotopic (exact) mass is 263 g/mol. The van der Waals surface area contributed by atoms with Crippen molar-refractivity contribution in [2.45, 2.75) is 31.5 Å². The lowest BCUT2D eigenvalue weighted by molar-refractivity contribution is -0.115. The van der Waals surface area contributed by atoms with Crippen molar-refractivity contribution in [3.05, 3.63) is 24.3 Å². The van der Waals surface area contributed by atoms with Gasteiger partial charge in [0.25, 0.3) is 0 Å². The number of imidazole rings is 1. The third kappa shape index (κ3) is 2.85. The quantitative estimate of drug-likeness (QED) is 0.814. The van der Waals surface area contributed by atoms with Crippen LogP contribution in [0.25, 0.3) is 11.0 Å². The number of aryl methyl sites for hydroxylation is 1. The fraction of sp³-hybridized carbons (Fsp3) is 0.385. The maximum atomic E-state index is 10.9. The number of hydrogen-bond acceptors (Lipinski definition) is 3. The molecule has 1 aromatic carbocycles. The number of carbonyl (C=O) groups excluding carboxylic acids is 1. The van der Waals surface area contributed by atoms with E-state index >= 15 is 0 Å². The highest BCUT2D eigenvalue weighted by Crippen LogP contribution is 2.24. The van der Waals surface area contributed by atoms with Gasteiger partial charge in [-0.3, -0.25) is 4.79 Å². The Labute approximate surface area is 111 Å². The summed E-state index contributed by atoms with van der Waals surface area (Å²) in [5.41, 5.74) is 7.28. The Morgan fingerprint density at radius 3 is 2.94 bits per heavy atom. The predicted molar refractivity (Wildman–Crippen MR) is 74.6 cm³/mol. The summed E-state index contributed by atoms with van der Waals surface area (Å²) in [6, 6.07) is 8.04. The van der Waals surface area contributed by atoms with Gasteiger partial charge in [0, 0.05) is 6.54 Å². The van der Waals surface area contributed by atoms with Crippen LogP contribution < -0.4 is 5.73 Å². The average Bonchev–Trinajstić information content (AvgIpc) is 2.71. The fourth-order valence-corrected chi connectivity index (χ4v) is 2.61. The number of aromatic nitrogens is 2. The molecular formula is C13H17N3OS. The number of primary amides is 1. The molecule has 1 amide bonds. The molecule has 0 radical (unpaired) electrons. The Bertz CT molecular complexity index is 550. The number of rotatable bonds is 6. The first-order valence-electron chi connectivity index (χ1n) is 6.08. The van der Waals surface area contributed by atoms with Crippen LogP contribution >= 0.6 is 11.8 Å². The first-order chi connectivity index (χ1) is 8.72. The topological polar surface area (TPSA) is 60.9 Å². The van der Waals surface area contributed by atoms with E-state index in [0.29, 0.717) is 0 Å². The van der Waals surface area contributed by atoms with Gasteiger partial charge in [0.2, 0.25) is 5.91 Å². The molecule has 0 saturated heterocycles. The van der Waals surface area contributed by atoms with Crippen molar-refractivity contribution in [3.63, 3.8) is 0 Å². The number of thioether (sulfide) groups is 1. The zero-order valence-electron chi connectivity index (χ0n) is 10.4. The number of carbonyl (C=O) groups is 1. The lowest BCUT2D eigenvalue weighted by atomic mass is 10.3. The third-order valence-corrected chi connectivity index (χ3v) is 3.70. The lowest BCUT2D eigenvalue weighted by Gasteiger charge is -2.07. The maximum absolute atomic E-state index is 10.9. The van der Waals surface area contributed by atoms with Crippen molar-refractivity contribution < 1.29 is 4.79 Å². The molecular weight excluding hydrogens is 246 g/mol. The number of amides is 1. The lowest BCUT2D eigenvalue weighted by Crippen LogP contribution is -2.13. The Morgan fingerprint density at radius 1 is 1.44 bits per heavy atom. The van der Waals surface area contributed by atoms with Crippen LogP contribution in [0.15, 0.2) is 29.4 Å². The molecule has 5 heteroatoms. The molecule has 0 aliphatic heterocycles. The minimum Gasteiger partial charge on any atom is -0.369 e. The predicted octanol–water partition coefficient (Wildman–Crippen LogP) is 2.41. The number of benzene rings is 1. The molecule has 0 saturated carbocycles. The second-order valence-corrected chi connectivity index (χ2v) is 5.09. The van der Waals surface area contributed by atoms with Crippen LogP contribution in [0.5, 0.6) is 0 Å². The highest BCUT2D eigenvalue weighted by Gasteiger charge is 2.11. The van der Waals surface area contributed by atoms with Gasteiger partial charge in [-0.25, -0.2) is 4.98 Å². The largest absolute Gasteiger partial charge is 0.369 e. The number of unbranched alkanes of at least 4 members (excludes halogenated alkanes) is 1. The van der Waals surface area contributed by atoms with E-state index in [9.17, 15) is 4.79 Å². The van der Waals surface area contributed by atoms with Gasteiger partial charge in [0.15, 0.2) is 5.16 Å². The van der Waals surface area contributed by atoms with Gasteiger partial charge in [-0.2, -0.15) is 0 Å².